The van der Waals surface area contributed by atoms with Crippen LogP contribution in [0.5, 0.6) is 0 Å². The first kappa shape index (κ1) is 21.3. The Kier molecular flexibility index (Phi) is 7.52. The van der Waals surface area contributed by atoms with E-state index in [0.29, 0.717) is 17.9 Å². The fourth-order valence-corrected chi connectivity index (χ4v) is 5.05. The van der Waals surface area contributed by atoms with E-state index < -0.39 is 0 Å². The number of piperidine rings is 1. The molecule has 158 valence electrons. The molecule has 6 nitrogen and oxygen atoms in total. The first-order valence-electron chi connectivity index (χ1n) is 11.2. The Labute approximate surface area is 170 Å². The number of rotatable bonds is 6. The maximum Gasteiger partial charge on any atom is 0.239 e. The summed E-state index contributed by atoms with van der Waals surface area (Å²) in [7, 11) is 4.12. The predicted octanol–water partition coefficient (Wildman–Crippen LogP) is 2.92. The highest BCUT2D eigenvalue weighted by atomic mass is 16.2. The van der Waals surface area contributed by atoms with Crippen molar-refractivity contribution in [3.05, 3.63) is 18.0 Å². The van der Waals surface area contributed by atoms with Gasteiger partial charge in [-0.3, -0.25) is 19.3 Å². The summed E-state index contributed by atoms with van der Waals surface area (Å²) in [5.41, 5.74) is 1.31. The molecule has 2 aliphatic heterocycles. The third kappa shape index (κ3) is 4.95. The van der Waals surface area contributed by atoms with Gasteiger partial charge in [0.05, 0.1) is 12.2 Å². The number of nitrogens with zero attached hydrogens (tertiary/aromatic N) is 5. The van der Waals surface area contributed by atoms with E-state index in [0.717, 1.165) is 45.6 Å². The molecule has 1 aromatic rings. The number of amides is 1. The van der Waals surface area contributed by atoms with Gasteiger partial charge in [0.1, 0.15) is 0 Å². The Bertz CT molecular complexity index is 622. The van der Waals surface area contributed by atoms with E-state index in [4.69, 9.17) is 0 Å². The van der Waals surface area contributed by atoms with E-state index in [9.17, 15) is 4.79 Å². The number of aryl methyl sites for hydroxylation is 1. The Morgan fingerprint density at radius 2 is 1.93 bits per heavy atom. The minimum atomic E-state index is -0.0512. The second kappa shape index (κ2) is 9.88. The molecular weight excluding hydrogens is 350 g/mol. The molecule has 1 amide bonds. The molecule has 6 heteroatoms. The minimum Gasteiger partial charge on any atom is -0.341 e. The van der Waals surface area contributed by atoms with Crippen LogP contribution in [0.3, 0.4) is 0 Å². The van der Waals surface area contributed by atoms with E-state index in [1.807, 2.05) is 17.9 Å². The predicted molar refractivity (Wildman–Crippen MR) is 113 cm³/mol. The zero-order valence-electron chi connectivity index (χ0n) is 18.3. The molecule has 28 heavy (non-hydrogen) atoms. The van der Waals surface area contributed by atoms with Crippen molar-refractivity contribution < 1.29 is 4.79 Å². The molecule has 0 aromatic carbocycles. The van der Waals surface area contributed by atoms with Gasteiger partial charge < -0.3 is 4.90 Å². The molecule has 1 aromatic heterocycles. The quantitative estimate of drug-likeness (QED) is 0.750. The van der Waals surface area contributed by atoms with Gasteiger partial charge in [0.2, 0.25) is 5.91 Å². The SMILES string of the molecule is CCN1CCC[C@@H](CN(C)[C@@H](C)C(=O)N2CCCCCC2)[C@@H]1c1cnn(C)c1. The van der Waals surface area contributed by atoms with Crippen molar-refractivity contribution in [1.82, 2.24) is 24.5 Å². The lowest BCUT2D eigenvalue weighted by molar-refractivity contribution is -0.136. The summed E-state index contributed by atoms with van der Waals surface area (Å²) < 4.78 is 1.91. The Balaban J connectivity index is 1.67. The first-order chi connectivity index (χ1) is 13.5. The fourth-order valence-electron chi connectivity index (χ4n) is 5.05. The lowest BCUT2D eigenvalue weighted by Gasteiger charge is -2.43. The second-order valence-corrected chi connectivity index (χ2v) is 8.78. The van der Waals surface area contributed by atoms with Crippen LogP contribution in [-0.4, -0.2) is 76.2 Å². The molecule has 0 unspecified atom stereocenters. The summed E-state index contributed by atoms with van der Waals surface area (Å²) in [5.74, 6) is 0.841. The molecule has 2 fully saturated rings. The lowest BCUT2D eigenvalue weighted by atomic mass is 9.85. The molecule has 2 aliphatic rings. The lowest BCUT2D eigenvalue weighted by Crippen LogP contribution is -2.49. The largest absolute Gasteiger partial charge is 0.341 e. The van der Waals surface area contributed by atoms with Crippen LogP contribution in [0.15, 0.2) is 12.4 Å². The van der Waals surface area contributed by atoms with Gasteiger partial charge in [0.25, 0.3) is 0 Å². The zero-order valence-corrected chi connectivity index (χ0v) is 18.3. The van der Waals surface area contributed by atoms with Gasteiger partial charge in [-0.1, -0.05) is 19.8 Å². The third-order valence-corrected chi connectivity index (χ3v) is 6.79. The normalized spacial score (nSPS) is 25.7. The number of carbonyl (C=O) groups excluding carboxylic acids is 1. The standard InChI is InChI=1S/C22H39N5O/c1-5-26-14-10-11-19(21(26)20-15-23-25(4)17-20)16-24(3)18(2)22(28)27-12-8-6-7-9-13-27/h15,17-19,21H,5-14,16H2,1-4H3/t18-,19-,21+/m0/s1. The Morgan fingerprint density at radius 1 is 1.21 bits per heavy atom. The summed E-state index contributed by atoms with van der Waals surface area (Å²) in [6.07, 6.45) is 11.5. The third-order valence-electron chi connectivity index (χ3n) is 6.79. The van der Waals surface area contributed by atoms with Crippen LogP contribution in [0, 0.1) is 5.92 Å². The number of likely N-dealkylation sites (tertiary alicyclic amines) is 2. The molecule has 2 saturated heterocycles. The molecule has 3 heterocycles. The molecular formula is C22H39N5O. The van der Waals surface area contributed by atoms with Crippen molar-refractivity contribution in [3.63, 3.8) is 0 Å². The molecule has 3 rings (SSSR count). The van der Waals surface area contributed by atoms with Crippen LogP contribution in [0.4, 0.5) is 0 Å². The van der Waals surface area contributed by atoms with E-state index in [-0.39, 0.29) is 6.04 Å². The maximum atomic E-state index is 13.1. The van der Waals surface area contributed by atoms with E-state index in [2.05, 4.69) is 46.9 Å². The van der Waals surface area contributed by atoms with Crippen LogP contribution >= 0.6 is 0 Å². The van der Waals surface area contributed by atoms with Crippen LogP contribution in [0.1, 0.15) is 64.0 Å². The number of carbonyl (C=O) groups is 1. The minimum absolute atomic E-state index is 0.0512. The first-order valence-corrected chi connectivity index (χ1v) is 11.2. The molecule has 0 bridgehead atoms. The van der Waals surface area contributed by atoms with Crippen LogP contribution < -0.4 is 0 Å². The van der Waals surface area contributed by atoms with Gasteiger partial charge in [-0.15, -0.1) is 0 Å². The van der Waals surface area contributed by atoms with Gasteiger partial charge in [-0.2, -0.15) is 5.10 Å². The molecule has 0 spiro atoms. The Morgan fingerprint density at radius 3 is 2.54 bits per heavy atom. The highest BCUT2D eigenvalue weighted by molar-refractivity contribution is 5.81. The number of aromatic nitrogens is 2. The molecule has 0 aliphatic carbocycles. The highest BCUT2D eigenvalue weighted by Gasteiger charge is 2.35. The maximum absolute atomic E-state index is 13.1. The zero-order chi connectivity index (χ0) is 20.1. The smallest absolute Gasteiger partial charge is 0.239 e. The average molecular weight is 390 g/mol. The monoisotopic (exact) mass is 389 g/mol. The van der Waals surface area contributed by atoms with Crippen LogP contribution in [-0.2, 0) is 11.8 Å². The topological polar surface area (TPSA) is 44.6 Å². The second-order valence-electron chi connectivity index (χ2n) is 8.78. The Hall–Kier alpha value is -1.40. The fraction of sp³-hybridized carbons (Fsp3) is 0.818. The van der Waals surface area contributed by atoms with E-state index in [1.165, 1.54) is 31.2 Å². The molecule has 0 saturated carbocycles. The van der Waals surface area contributed by atoms with Crippen molar-refractivity contribution in [2.45, 2.75) is 64.5 Å². The van der Waals surface area contributed by atoms with Crippen molar-refractivity contribution in [1.29, 1.82) is 0 Å². The highest BCUT2D eigenvalue weighted by Crippen LogP contribution is 2.36. The number of hydrogen-bond acceptors (Lipinski definition) is 4. The summed E-state index contributed by atoms with van der Waals surface area (Å²) in [5, 5.41) is 4.42. The van der Waals surface area contributed by atoms with Gasteiger partial charge in [-0.25, -0.2) is 0 Å². The van der Waals surface area contributed by atoms with Gasteiger partial charge >= 0.3 is 0 Å². The van der Waals surface area contributed by atoms with E-state index >= 15 is 0 Å². The van der Waals surface area contributed by atoms with Gasteiger partial charge in [-0.05, 0) is 58.7 Å². The average Bonchev–Trinajstić information content (AvgIpc) is 2.95. The van der Waals surface area contributed by atoms with E-state index in [1.54, 1.807) is 0 Å². The van der Waals surface area contributed by atoms with Crippen molar-refractivity contribution >= 4 is 5.91 Å². The molecule has 3 atom stereocenters. The molecule has 0 radical (unpaired) electrons. The van der Waals surface area contributed by atoms with Crippen molar-refractivity contribution in [2.24, 2.45) is 13.0 Å². The summed E-state index contributed by atoms with van der Waals surface area (Å²) in [6, 6.07) is 0.347. The van der Waals surface area contributed by atoms with Crippen molar-refractivity contribution in [3.8, 4) is 0 Å². The van der Waals surface area contributed by atoms with Crippen LogP contribution in [0.2, 0.25) is 0 Å². The van der Waals surface area contributed by atoms with Gasteiger partial charge in [0, 0.05) is 44.5 Å². The summed E-state index contributed by atoms with van der Waals surface area (Å²) in [6.45, 7) is 9.37. The number of hydrogen-bond donors (Lipinski definition) is 0. The van der Waals surface area contributed by atoms with Crippen LogP contribution in [0.25, 0.3) is 0 Å². The summed E-state index contributed by atoms with van der Waals surface area (Å²) in [4.78, 5) is 20.0. The summed E-state index contributed by atoms with van der Waals surface area (Å²) >= 11 is 0. The number of likely N-dealkylation sites (N-methyl/N-ethyl adjacent to an activating group) is 1. The van der Waals surface area contributed by atoms with Gasteiger partial charge in [0.15, 0.2) is 0 Å². The van der Waals surface area contributed by atoms with Crippen molar-refractivity contribution in [2.75, 3.05) is 39.8 Å². The molecule has 0 N–H and O–H groups in total.